The quantitative estimate of drug-likeness (QED) is 0.0911. The topological polar surface area (TPSA) is 328 Å². The molecule has 4 aliphatic carbocycles. The van der Waals surface area contributed by atoms with Gasteiger partial charge in [-0.15, -0.1) is 0 Å². The normalized spacial score (nSPS) is 56.1. The van der Waals surface area contributed by atoms with E-state index in [1.807, 2.05) is 13.8 Å². The summed E-state index contributed by atoms with van der Waals surface area (Å²) < 4.78 is 42.9. The van der Waals surface area contributed by atoms with Gasteiger partial charge in [0.25, 0.3) is 0 Å². The lowest BCUT2D eigenvalue weighted by atomic mass is 9.44. The molecule has 20 heteroatoms. The first-order valence-corrected chi connectivity index (χ1v) is 24.0. The molecule has 0 spiro atoms. The van der Waals surface area contributed by atoms with Gasteiger partial charge < -0.3 is 99.5 Å². The highest BCUT2D eigenvalue weighted by Gasteiger charge is 2.76. The van der Waals surface area contributed by atoms with Crippen molar-refractivity contribution in [2.24, 2.45) is 52.3 Å². The smallest absolute Gasteiger partial charge is 0.190 e. The molecule has 0 aromatic carbocycles. The third-order valence-electron chi connectivity index (χ3n) is 18.0. The minimum absolute atomic E-state index is 0.0146. The summed E-state index contributed by atoms with van der Waals surface area (Å²) in [5.41, 5.74) is -0.402. The van der Waals surface area contributed by atoms with Gasteiger partial charge >= 0.3 is 0 Å². The van der Waals surface area contributed by atoms with Gasteiger partial charge in [0, 0.05) is 24.7 Å². The molecule has 27 atom stereocenters. The van der Waals surface area contributed by atoms with Crippen molar-refractivity contribution in [2.75, 3.05) is 26.4 Å². The zero-order valence-corrected chi connectivity index (χ0v) is 37.9. The Morgan fingerprint density at radius 3 is 1.88 bits per heavy atom. The van der Waals surface area contributed by atoms with Crippen LogP contribution in [0.1, 0.15) is 91.9 Å². The van der Waals surface area contributed by atoms with Gasteiger partial charge in [0.1, 0.15) is 73.2 Å². The largest absolute Gasteiger partial charge is 0.394 e. The first kappa shape index (κ1) is 50.6. The van der Waals surface area contributed by atoms with Crippen molar-refractivity contribution in [1.29, 1.82) is 0 Å². The molecule has 20 nitrogen and oxygen atoms in total. The van der Waals surface area contributed by atoms with E-state index < -0.39 is 141 Å². The van der Waals surface area contributed by atoms with Crippen LogP contribution in [0.5, 0.6) is 0 Å². The third kappa shape index (κ3) is 8.67. The lowest BCUT2D eigenvalue weighted by Crippen LogP contribution is -2.65. The fourth-order valence-electron chi connectivity index (χ4n) is 14.3. The fraction of sp³-hybridized carbons (Fsp3) is 1.00. The van der Waals surface area contributed by atoms with E-state index in [1.54, 1.807) is 0 Å². The molecule has 4 saturated carbocycles. The highest BCUT2D eigenvalue weighted by Crippen LogP contribution is 2.74. The number of ether oxygens (including phenoxy) is 7. The molecule has 0 amide bonds. The summed E-state index contributed by atoms with van der Waals surface area (Å²) in [7, 11) is 0. The molecule has 4 aliphatic heterocycles. The summed E-state index contributed by atoms with van der Waals surface area (Å²) >= 11 is 0. The summed E-state index contributed by atoms with van der Waals surface area (Å²) in [6.07, 6.45) is -17.3. The Hall–Kier alpha value is -0.800. The van der Waals surface area contributed by atoms with Gasteiger partial charge in [-0.3, -0.25) is 0 Å². The molecule has 8 fully saturated rings. The monoisotopic (exact) mass is 936 g/mol. The standard InChI is InChI=1S/C45H76O20/c1-19(18-59-39-34(55)32(53)29(50)26(15-46)60-39)7-12-44(58)20(2)38-43(4)11-9-24-23(6-5-21-13-22(49)8-10-42(21,24)3)25(43)14-45(38,65-44)64-41-36(57)37(31(52)28(17-48)62-41)63-40-35(56)33(54)30(51)27(16-47)61-40/h19-41,46-58H,5-18H2,1-4H3/t19-,20-,21+,22-,23+,24-,25-,26+,27+,28+,29+,30+,31+,32-,33-,34+,35+,36+,37-,38+,39+,40-,41-,42-,43-,44+,45?/m0/s1. The first-order valence-electron chi connectivity index (χ1n) is 24.0. The molecule has 1 unspecified atom stereocenters. The molecule has 4 saturated heterocycles. The highest BCUT2D eigenvalue weighted by atomic mass is 16.8. The average molecular weight is 937 g/mol. The maximum atomic E-state index is 12.7. The predicted octanol–water partition coefficient (Wildman–Crippen LogP) is -2.46. The maximum absolute atomic E-state index is 12.7. The van der Waals surface area contributed by atoms with Crippen LogP contribution >= 0.6 is 0 Å². The molecule has 8 aliphatic rings. The Kier molecular flexibility index (Phi) is 14.8. The minimum Gasteiger partial charge on any atom is -0.394 e. The van der Waals surface area contributed by atoms with E-state index in [0.717, 1.165) is 44.9 Å². The second kappa shape index (κ2) is 19.1. The number of aliphatic hydroxyl groups is 13. The SMILES string of the molecule is C[C@@H](CC[C@@]1(O)OC2(O[C@@H]3O[C@H](CO)[C@@H](O)[C@H](O[C@@H]4O[C@H](CO)[C@@H](O)[C@H](O)[C@H]4O)[C@H]3O)C[C@H]3[C@@H]4CC[C@@H]5C[C@@H](O)CC[C@]5(C)[C@H]4CC[C@]3(C)[C@H]2[C@@H]1C)CO[C@@H]1O[C@H](CO)[C@@H](O)[C@H](O)[C@H]1O. The lowest BCUT2D eigenvalue weighted by molar-refractivity contribution is -0.406. The van der Waals surface area contributed by atoms with Gasteiger partial charge in [-0.2, -0.15) is 0 Å². The van der Waals surface area contributed by atoms with Crippen molar-refractivity contribution in [1.82, 2.24) is 0 Å². The van der Waals surface area contributed by atoms with Crippen LogP contribution in [0.25, 0.3) is 0 Å². The third-order valence-corrected chi connectivity index (χ3v) is 18.0. The average Bonchev–Trinajstić information content (AvgIpc) is 3.66. The summed E-state index contributed by atoms with van der Waals surface area (Å²) in [6, 6.07) is 0. The van der Waals surface area contributed by atoms with E-state index in [4.69, 9.17) is 33.2 Å². The fourth-order valence-corrected chi connectivity index (χ4v) is 14.3. The Labute approximate surface area is 379 Å². The van der Waals surface area contributed by atoms with E-state index in [9.17, 15) is 66.4 Å². The van der Waals surface area contributed by atoms with Crippen LogP contribution in [0, 0.1) is 52.3 Å². The summed E-state index contributed by atoms with van der Waals surface area (Å²) in [4.78, 5) is 0. The Balaban J connectivity index is 1.06. The van der Waals surface area contributed by atoms with E-state index in [2.05, 4.69) is 13.8 Å². The van der Waals surface area contributed by atoms with Gasteiger partial charge in [0.15, 0.2) is 30.4 Å². The van der Waals surface area contributed by atoms with Crippen molar-refractivity contribution in [2.45, 2.75) is 202 Å². The van der Waals surface area contributed by atoms with Gasteiger partial charge in [-0.25, -0.2) is 0 Å². The number of hydrogen-bond donors (Lipinski definition) is 13. The van der Waals surface area contributed by atoms with Crippen molar-refractivity contribution < 1.29 is 99.5 Å². The van der Waals surface area contributed by atoms with Crippen LogP contribution in [-0.2, 0) is 33.2 Å². The summed E-state index contributed by atoms with van der Waals surface area (Å²) in [5.74, 6) is -3.56. The molecular weight excluding hydrogens is 860 g/mol. The van der Waals surface area contributed by atoms with Crippen LogP contribution in [0.2, 0.25) is 0 Å². The van der Waals surface area contributed by atoms with Crippen molar-refractivity contribution in [3.63, 3.8) is 0 Å². The Morgan fingerprint density at radius 2 is 1.23 bits per heavy atom. The van der Waals surface area contributed by atoms with Crippen LogP contribution in [0.4, 0.5) is 0 Å². The minimum atomic E-state index is -1.86. The summed E-state index contributed by atoms with van der Waals surface area (Å²) in [6.45, 7) is 6.32. The van der Waals surface area contributed by atoms with Gasteiger partial charge in [0.2, 0.25) is 0 Å². The second-order valence-corrected chi connectivity index (χ2v) is 21.7. The van der Waals surface area contributed by atoms with E-state index in [0.29, 0.717) is 24.7 Å². The predicted molar refractivity (Wildman–Crippen MR) is 220 cm³/mol. The summed E-state index contributed by atoms with van der Waals surface area (Å²) in [5, 5.41) is 139. The number of rotatable bonds is 13. The number of hydrogen-bond acceptors (Lipinski definition) is 20. The Morgan fingerprint density at radius 1 is 0.646 bits per heavy atom. The van der Waals surface area contributed by atoms with Gasteiger partial charge in [0.05, 0.1) is 32.5 Å². The van der Waals surface area contributed by atoms with Gasteiger partial charge in [-0.1, -0.05) is 27.7 Å². The molecule has 8 rings (SSSR count). The maximum Gasteiger partial charge on any atom is 0.190 e. The molecule has 0 bridgehead atoms. The molecule has 376 valence electrons. The zero-order chi connectivity index (χ0) is 47.1. The van der Waals surface area contributed by atoms with Crippen molar-refractivity contribution in [3.8, 4) is 0 Å². The van der Waals surface area contributed by atoms with Gasteiger partial charge in [-0.05, 0) is 91.8 Å². The number of aliphatic hydroxyl groups excluding tert-OH is 12. The molecule has 0 aromatic rings. The number of fused-ring (bicyclic) bond motifs is 7. The molecule has 0 aromatic heterocycles. The van der Waals surface area contributed by atoms with Crippen molar-refractivity contribution >= 4 is 0 Å². The van der Waals surface area contributed by atoms with Crippen molar-refractivity contribution in [3.05, 3.63) is 0 Å². The molecule has 4 heterocycles. The second-order valence-electron chi connectivity index (χ2n) is 21.7. The van der Waals surface area contributed by atoms with Crippen LogP contribution < -0.4 is 0 Å². The zero-order valence-electron chi connectivity index (χ0n) is 37.9. The van der Waals surface area contributed by atoms with E-state index in [1.165, 1.54) is 0 Å². The molecule has 13 N–H and O–H groups in total. The van der Waals surface area contributed by atoms with Crippen LogP contribution in [-0.4, -0.2) is 203 Å². The lowest BCUT2D eigenvalue weighted by Gasteiger charge is -2.61. The first-order chi connectivity index (χ1) is 30.7. The van der Waals surface area contributed by atoms with Crippen LogP contribution in [0.15, 0.2) is 0 Å². The molecule has 65 heavy (non-hydrogen) atoms. The molecule has 0 radical (unpaired) electrons. The highest BCUT2D eigenvalue weighted by molar-refractivity contribution is 5.18. The van der Waals surface area contributed by atoms with E-state index >= 15 is 0 Å². The Bertz CT molecular complexity index is 1610. The van der Waals surface area contributed by atoms with Crippen LogP contribution in [0.3, 0.4) is 0 Å². The molecular formula is C45H76O20. The van der Waals surface area contributed by atoms with E-state index in [-0.39, 0.29) is 42.3 Å².